The van der Waals surface area contributed by atoms with Crippen LogP contribution in [0, 0.1) is 51.0 Å². The van der Waals surface area contributed by atoms with Crippen molar-refractivity contribution >= 4 is 84.5 Å². The molecule has 38 heteroatoms. The molecule has 26 nitrogen and oxygen atoms in total. The lowest BCUT2D eigenvalue weighted by Crippen LogP contribution is -2.39. The Morgan fingerprint density at radius 1 is 0.446 bits per heavy atom. The summed E-state index contributed by atoms with van der Waals surface area (Å²) in [5.41, 5.74) is 1.03. The number of nitrogens with zero attached hydrogens (tertiary/aromatic N) is 13. The third kappa shape index (κ3) is 20.3. The SMILES string of the molecule is Cc1nc(N[C@H](C)c2cccc(C(F)F)c2F)c2cc(C(=O)N3CCCCC3)c(=O)n(C)c2n1.Cc1nc(N[C@H](C)c2cccc(C(F)F)c2F)c2cc(C3=CCCOC3)c(=O)n(CCO)c2n1.Cc1nc(N[C@H](C)c2cccc(C(F)F)c2F)c2cc(C3=CCOC3)c(=O)n(C)c2n1.Cc1nc(N[C@H](C)c2cccc(C(F)F)c2F)c2cc(C3CCOC3)c(=O)n(C)c2n1. The maximum absolute atomic E-state index is 14.7. The molecule has 0 bridgehead atoms. The van der Waals surface area contributed by atoms with E-state index in [0.29, 0.717) is 154 Å². The second-order valence-corrected chi connectivity index (χ2v) is 31.9. The van der Waals surface area contributed by atoms with Crippen molar-refractivity contribution in [2.24, 2.45) is 21.1 Å². The summed E-state index contributed by atoms with van der Waals surface area (Å²) in [6.07, 6.45) is -3.68. The van der Waals surface area contributed by atoms with Crippen molar-refractivity contribution in [1.82, 2.24) is 63.0 Å². The number of fused-ring (bicyclic) bond motifs is 4. The van der Waals surface area contributed by atoms with Gasteiger partial charge in [0.25, 0.3) is 53.8 Å². The number of pyridine rings is 4. The number of carbonyl (C=O) groups excluding carboxylic acids is 1. The lowest BCUT2D eigenvalue weighted by molar-refractivity contribution is 0.0722. The van der Waals surface area contributed by atoms with Crippen LogP contribution in [0.3, 0.4) is 0 Å². The third-order valence-electron chi connectivity index (χ3n) is 22.9. The van der Waals surface area contributed by atoms with Crippen LogP contribution in [0.5, 0.6) is 0 Å². The number of hydrogen-bond donors (Lipinski definition) is 5. The molecule has 1 unspecified atom stereocenters. The molecule has 4 aliphatic heterocycles. The number of likely N-dealkylation sites (tertiary alicyclic amines) is 1. The van der Waals surface area contributed by atoms with Gasteiger partial charge < -0.3 is 45.5 Å². The zero-order valence-electron chi connectivity index (χ0n) is 72.8. The topological polar surface area (TPSA) is 307 Å². The number of benzene rings is 4. The zero-order valence-corrected chi connectivity index (χ0v) is 72.8. The van der Waals surface area contributed by atoms with E-state index >= 15 is 0 Å². The molecule has 12 aromatic rings. The van der Waals surface area contributed by atoms with Gasteiger partial charge >= 0.3 is 0 Å². The second-order valence-electron chi connectivity index (χ2n) is 31.9. The predicted molar refractivity (Wildman–Crippen MR) is 468 cm³/mol. The molecule has 686 valence electrons. The van der Waals surface area contributed by atoms with Gasteiger partial charge in [0.05, 0.1) is 114 Å². The quantitative estimate of drug-likeness (QED) is 0.0394. The largest absolute Gasteiger partial charge is 0.395 e. The lowest BCUT2D eigenvalue weighted by atomic mass is 9.98. The third-order valence-corrected chi connectivity index (χ3v) is 22.9. The number of aryl methyl sites for hydroxylation is 7. The first kappa shape index (κ1) is 94.8. The van der Waals surface area contributed by atoms with Gasteiger partial charge in [-0.15, -0.1) is 0 Å². The molecule has 8 aromatic heterocycles. The standard InChI is InChI=1S/C24H26F3N5O2.C24H25F3N4O3.C22H23F3N4O2.C22H21F3N4O2/c1-13(15-8-7-9-16(19(15)25)20(26)27)28-21-17-12-18(24(34)32-10-5-4-6-11-32)23(33)31(3)22(17)30-14(2)29-21;1-13(16-6-3-7-17(20(16)25)21(26)27)28-22-19-11-18(15-5-4-10-34-12-15)24(33)31(8-9-32)23(19)30-14(2)29-22;2*1-11(14-5-4-6-15(18(14)23)19(24)25)26-20-17-9-16(13-7-8-31-10-13)22(30)29(3)21(17)28-12(2)27-20/h7-9,12-13,20H,4-6,10-11H2,1-3H3,(H,28,29,30);3,5-7,11,13,21,32H,4,8-10,12H2,1-2H3,(H,28,29,30);4-6,9,11,13,19H,7-8,10H2,1-3H3,(H,26,27,28);4-7,9,11,19H,8,10H2,1-3H3,(H,26,27,28)/t2*13-;11-,13?;11-/m1111/s1. The molecule has 0 radical (unpaired) electrons. The summed E-state index contributed by atoms with van der Waals surface area (Å²) in [4.78, 5) is 102. The molecule has 1 amide bonds. The van der Waals surface area contributed by atoms with Crippen molar-refractivity contribution in [1.29, 1.82) is 0 Å². The molecule has 0 saturated carbocycles. The Labute approximate surface area is 736 Å². The Hall–Kier alpha value is -12.8. The van der Waals surface area contributed by atoms with Crippen LogP contribution in [-0.4, -0.2) is 133 Å². The Morgan fingerprint density at radius 3 is 1.20 bits per heavy atom. The summed E-state index contributed by atoms with van der Waals surface area (Å²) >= 11 is 0. The predicted octanol–water partition coefficient (Wildman–Crippen LogP) is 17.3. The van der Waals surface area contributed by atoms with E-state index in [0.717, 1.165) is 61.1 Å². The number of nitrogens with one attached hydrogen (secondary N) is 4. The van der Waals surface area contributed by atoms with Crippen LogP contribution in [0.1, 0.15) is 210 Å². The van der Waals surface area contributed by atoms with Gasteiger partial charge in [-0.05, 0) is 123 Å². The van der Waals surface area contributed by atoms with Gasteiger partial charge in [0, 0.05) is 85.7 Å². The number of hydrogen-bond acceptors (Lipinski definition) is 21. The first-order valence-electron chi connectivity index (χ1n) is 42.0. The van der Waals surface area contributed by atoms with Crippen molar-refractivity contribution in [3.8, 4) is 0 Å². The van der Waals surface area contributed by atoms with Crippen molar-refractivity contribution in [3.05, 3.63) is 264 Å². The Morgan fingerprint density at radius 2 is 0.815 bits per heavy atom. The molecule has 4 aromatic carbocycles. The zero-order chi connectivity index (χ0) is 93.5. The minimum atomic E-state index is -2.94. The van der Waals surface area contributed by atoms with Crippen LogP contribution in [-0.2, 0) is 41.9 Å². The molecule has 4 aliphatic rings. The van der Waals surface area contributed by atoms with E-state index < -0.39 is 101 Å². The fraction of sp³-hybridized carbons (Fsp3) is 0.380. The molecule has 5 atom stereocenters. The first-order valence-corrected chi connectivity index (χ1v) is 42.0. The second kappa shape index (κ2) is 40.9. The number of alkyl halides is 8. The number of anilines is 4. The number of aromatic nitrogens is 12. The molecule has 0 aliphatic carbocycles. The van der Waals surface area contributed by atoms with Crippen molar-refractivity contribution in [3.63, 3.8) is 0 Å². The monoisotopic (exact) mass is 1810 g/mol. The maximum atomic E-state index is 14.7. The summed E-state index contributed by atoms with van der Waals surface area (Å²) < 4.78 is 186. The normalized spacial score (nSPS) is 15.6. The Bertz CT molecular complexity index is 6620. The minimum absolute atomic E-state index is 0.00549. The van der Waals surface area contributed by atoms with Crippen LogP contribution in [0.4, 0.5) is 76.0 Å². The number of carbonyl (C=O) groups is 1. The minimum Gasteiger partial charge on any atom is -0.395 e. The number of halogens is 12. The summed E-state index contributed by atoms with van der Waals surface area (Å²) in [6.45, 7) is 16.9. The van der Waals surface area contributed by atoms with Crippen LogP contribution in [0.2, 0.25) is 0 Å². The van der Waals surface area contributed by atoms with Crippen LogP contribution in [0.15, 0.2) is 128 Å². The summed E-state index contributed by atoms with van der Waals surface area (Å²) in [5.74, 6) is -1.28. The number of aliphatic hydroxyl groups is 1. The highest BCUT2D eigenvalue weighted by Gasteiger charge is 2.32. The molecule has 2 saturated heterocycles. The van der Waals surface area contributed by atoms with Crippen LogP contribution >= 0.6 is 0 Å². The summed E-state index contributed by atoms with van der Waals surface area (Å²) in [6, 6.07) is 19.4. The van der Waals surface area contributed by atoms with E-state index in [1.165, 1.54) is 79.9 Å². The molecule has 130 heavy (non-hydrogen) atoms. The lowest BCUT2D eigenvalue weighted by Gasteiger charge is -2.26. The average molecular weight is 1810 g/mol. The number of aliphatic hydroxyl groups excluding tert-OH is 1. The van der Waals surface area contributed by atoms with Gasteiger partial charge in [-0.2, -0.15) is 0 Å². The molecular weight excluding hydrogens is 1720 g/mol. The van der Waals surface area contributed by atoms with E-state index in [-0.39, 0.29) is 81.9 Å². The molecule has 12 heterocycles. The van der Waals surface area contributed by atoms with Gasteiger partial charge in [-0.25, -0.2) is 92.6 Å². The molecule has 5 N–H and O–H groups in total. The van der Waals surface area contributed by atoms with E-state index in [2.05, 4.69) is 61.1 Å². The Balaban J connectivity index is 0.000000148. The Kier molecular flexibility index (Phi) is 29.8. The summed E-state index contributed by atoms with van der Waals surface area (Å²) in [7, 11) is 4.80. The maximum Gasteiger partial charge on any atom is 0.266 e. The highest BCUT2D eigenvalue weighted by atomic mass is 19.3. The van der Waals surface area contributed by atoms with Crippen molar-refractivity contribution < 1.29 is 76.8 Å². The van der Waals surface area contributed by atoms with E-state index in [1.54, 1.807) is 92.6 Å². The van der Waals surface area contributed by atoms with E-state index in [4.69, 9.17) is 14.2 Å². The van der Waals surface area contributed by atoms with E-state index in [9.17, 15) is 81.8 Å². The van der Waals surface area contributed by atoms with E-state index in [1.807, 2.05) is 12.2 Å². The van der Waals surface area contributed by atoms with Gasteiger partial charge in [-0.1, -0.05) is 84.9 Å². The molecular formula is C92H95F12N17O9. The molecule has 16 rings (SSSR count). The number of ether oxygens (including phenoxy) is 3. The average Bonchev–Trinajstić information content (AvgIpc) is 0.891. The number of rotatable bonds is 22. The van der Waals surface area contributed by atoms with Gasteiger partial charge in [-0.3, -0.25) is 42.2 Å². The highest BCUT2D eigenvalue weighted by Crippen LogP contribution is 2.38. The van der Waals surface area contributed by atoms with Gasteiger partial charge in [0.2, 0.25) is 0 Å². The van der Waals surface area contributed by atoms with Gasteiger partial charge in [0.1, 0.15) is 98.0 Å². The number of amides is 1. The molecule has 2 fully saturated rings. The number of piperidine rings is 1. The van der Waals surface area contributed by atoms with Crippen molar-refractivity contribution in [2.45, 2.75) is 150 Å². The van der Waals surface area contributed by atoms with Crippen molar-refractivity contribution in [2.75, 3.05) is 80.6 Å². The fourth-order valence-electron chi connectivity index (χ4n) is 16.1. The first-order chi connectivity index (χ1) is 62.0. The van der Waals surface area contributed by atoms with Crippen LogP contribution in [0.25, 0.3) is 55.3 Å². The smallest absolute Gasteiger partial charge is 0.266 e. The molecule has 0 spiro atoms. The van der Waals surface area contributed by atoms with Gasteiger partial charge in [0.15, 0.2) is 0 Å². The summed E-state index contributed by atoms with van der Waals surface area (Å²) in [5, 5.41) is 24.0. The van der Waals surface area contributed by atoms with Crippen LogP contribution < -0.4 is 43.5 Å². The fourth-order valence-corrected chi connectivity index (χ4v) is 16.1. The highest BCUT2D eigenvalue weighted by molar-refractivity contribution is 5.99.